The Morgan fingerprint density at radius 3 is 1.66 bits per heavy atom. The minimum atomic E-state index is -0.761. The van der Waals surface area contributed by atoms with Crippen LogP contribution in [0.4, 0.5) is 9.59 Å². The fraction of sp³-hybridized carbons (Fsp3) is 0.415. The smallest absolute Gasteiger partial charge is 0.411 e. The molecule has 4 aromatic carbocycles. The summed E-state index contributed by atoms with van der Waals surface area (Å²) >= 11 is 0. The summed E-state index contributed by atoms with van der Waals surface area (Å²) in [5, 5.41) is 6.18. The molecule has 0 heterocycles. The number of ether oxygens (including phenoxy) is 4. The van der Waals surface area contributed by atoms with Gasteiger partial charge >= 0.3 is 18.2 Å². The van der Waals surface area contributed by atoms with Crippen LogP contribution in [-0.4, -0.2) is 104 Å². The van der Waals surface area contributed by atoms with Crippen molar-refractivity contribution < 1.29 is 52.5 Å². The van der Waals surface area contributed by atoms with Gasteiger partial charge in [-0.3, -0.25) is 28.9 Å². The second kappa shape index (κ2) is 27.6. The number of nitrogens with zero attached hydrogens (tertiary/aromatic N) is 5. The second-order valence-corrected chi connectivity index (χ2v) is 17.5. The van der Waals surface area contributed by atoms with Crippen molar-refractivity contribution in [3.8, 4) is 11.1 Å². The van der Waals surface area contributed by atoms with E-state index in [2.05, 4.69) is 39.6 Å². The SMILES string of the molecule is CC(=O)COCN(C)C(=O)OCc1ccc(CC(=O)[C@H](C)NC(=O)[C@@H](CC(=O)OCC2c3ccccc3-c3ccccc32)C(C)C)cc1.CCN(C)C(=O)OCc1ccc(CC(=O)[C@H](C)N=[N+]=[N-])cc1. The lowest BCUT2D eigenvalue weighted by Gasteiger charge is -2.22. The van der Waals surface area contributed by atoms with E-state index in [4.69, 9.17) is 24.5 Å². The molecule has 0 bridgehead atoms. The number of Topliss-reactive ketones (excluding diaryl/α,β-unsaturated/α-hetero) is 3. The van der Waals surface area contributed by atoms with Crippen LogP contribution in [-0.2, 0) is 69.0 Å². The van der Waals surface area contributed by atoms with E-state index < -0.39 is 30.1 Å². The van der Waals surface area contributed by atoms with Gasteiger partial charge in [-0.2, -0.15) is 0 Å². The van der Waals surface area contributed by atoms with Crippen LogP contribution < -0.4 is 5.32 Å². The Morgan fingerprint density at radius 1 is 0.686 bits per heavy atom. The molecule has 0 aromatic heterocycles. The van der Waals surface area contributed by atoms with Gasteiger partial charge in [0.15, 0.2) is 11.6 Å². The first-order valence-electron chi connectivity index (χ1n) is 23.1. The fourth-order valence-electron chi connectivity index (χ4n) is 7.26. The minimum absolute atomic E-state index is 0.0246. The first-order chi connectivity index (χ1) is 33.4. The molecule has 0 aliphatic heterocycles. The molecule has 70 heavy (non-hydrogen) atoms. The Morgan fingerprint density at radius 2 is 1.17 bits per heavy atom. The summed E-state index contributed by atoms with van der Waals surface area (Å²) in [5.74, 6) is -2.16. The fourth-order valence-corrected chi connectivity index (χ4v) is 7.26. The Balaban J connectivity index is 0.000000405. The van der Waals surface area contributed by atoms with E-state index in [1.165, 1.54) is 23.8 Å². The molecule has 0 radical (unpaired) electrons. The molecule has 3 amide bonds. The van der Waals surface area contributed by atoms with E-state index in [0.717, 1.165) is 44.5 Å². The zero-order chi connectivity index (χ0) is 51.3. The second-order valence-electron chi connectivity index (χ2n) is 17.5. The highest BCUT2D eigenvalue weighted by Gasteiger charge is 2.32. The highest BCUT2D eigenvalue weighted by atomic mass is 16.6. The lowest BCUT2D eigenvalue weighted by Crippen LogP contribution is -2.44. The van der Waals surface area contributed by atoms with Gasteiger partial charge in [-0.15, -0.1) is 0 Å². The normalized spacial score (nSPS) is 12.6. The Kier molecular flexibility index (Phi) is 21.8. The quantitative estimate of drug-likeness (QED) is 0.0185. The molecule has 1 N–H and O–H groups in total. The zero-order valence-corrected chi connectivity index (χ0v) is 41.2. The van der Waals surface area contributed by atoms with Crippen LogP contribution in [0.2, 0.25) is 0 Å². The number of esters is 1. The standard InChI is InChI=1S/C38H44N2O8.C15H20N4O3/c1-24(2)33(19-36(43)47-22-34-31-12-8-6-10-29(31)30-11-7-9-13-32(30)34)37(44)39-26(4)35(42)18-27-14-16-28(17-15-27)21-48-38(45)40(5)23-46-20-25(3)41;1-4-19(3)15(21)22-10-13-7-5-12(6-8-13)9-14(20)11(2)17-18-16/h6-17,24,26,33-34H,18-23H2,1-5H3,(H,39,44);5-8,11H,4,9-10H2,1-3H3/t26-,33-;11-/m00/s1. The topological polar surface area (TPSA) is 224 Å². The predicted molar refractivity (Wildman–Crippen MR) is 262 cm³/mol. The van der Waals surface area contributed by atoms with Gasteiger partial charge in [-0.1, -0.05) is 116 Å². The molecule has 5 rings (SSSR count). The van der Waals surface area contributed by atoms with Crippen LogP contribution in [0.15, 0.2) is 102 Å². The average Bonchev–Trinajstić information content (AvgIpc) is 3.67. The first-order valence-corrected chi connectivity index (χ1v) is 23.1. The predicted octanol–water partition coefficient (Wildman–Crippen LogP) is 8.54. The van der Waals surface area contributed by atoms with Crippen molar-refractivity contribution in [3.05, 3.63) is 141 Å². The van der Waals surface area contributed by atoms with E-state index in [-0.39, 0.29) is 93.6 Å². The van der Waals surface area contributed by atoms with Crippen molar-refractivity contribution in [2.24, 2.45) is 17.0 Å². The van der Waals surface area contributed by atoms with Crippen LogP contribution in [0.25, 0.3) is 21.6 Å². The minimum Gasteiger partial charge on any atom is -0.465 e. The van der Waals surface area contributed by atoms with Gasteiger partial charge in [0, 0.05) is 44.3 Å². The molecule has 0 saturated carbocycles. The third kappa shape index (κ3) is 17.0. The van der Waals surface area contributed by atoms with E-state index in [1.807, 2.05) is 45.0 Å². The molecule has 17 nitrogen and oxygen atoms in total. The van der Waals surface area contributed by atoms with Gasteiger partial charge in [0.2, 0.25) is 5.91 Å². The van der Waals surface area contributed by atoms with E-state index in [1.54, 1.807) is 69.4 Å². The highest BCUT2D eigenvalue weighted by Crippen LogP contribution is 2.44. The Hall–Kier alpha value is -7.36. The van der Waals surface area contributed by atoms with Crippen LogP contribution >= 0.6 is 0 Å². The number of fused-ring (bicyclic) bond motifs is 3. The summed E-state index contributed by atoms with van der Waals surface area (Å²) in [5.41, 5.74) is 16.0. The average molecular weight is 961 g/mol. The van der Waals surface area contributed by atoms with Gasteiger partial charge in [0.25, 0.3) is 0 Å². The van der Waals surface area contributed by atoms with Gasteiger partial charge in [-0.25, -0.2) is 9.59 Å². The van der Waals surface area contributed by atoms with Gasteiger partial charge in [0.1, 0.15) is 38.9 Å². The summed E-state index contributed by atoms with van der Waals surface area (Å²) in [6, 6.07) is 29.0. The lowest BCUT2D eigenvalue weighted by atomic mass is 9.91. The largest absolute Gasteiger partial charge is 0.465 e. The summed E-state index contributed by atoms with van der Waals surface area (Å²) in [4.78, 5) is 90.9. The molecule has 1 aliphatic carbocycles. The maximum atomic E-state index is 13.2. The summed E-state index contributed by atoms with van der Waals surface area (Å²) in [7, 11) is 3.17. The molecule has 0 unspecified atom stereocenters. The van der Waals surface area contributed by atoms with Gasteiger partial charge in [0.05, 0.1) is 24.4 Å². The number of ketones is 3. The number of rotatable bonds is 23. The molecule has 0 spiro atoms. The number of nitrogens with one attached hydrogen (secondary N) is 1. The monoisotopic (exact) mass is 960 g/mol. The van der Waals surface area contributed by atoms with Crippen LogP contribution in [0.5, 0.6) is 0 Å². The van der Waals surface area contributed by atoms with Crippen molar-refractivity contribution in [2.75, 3.05) is 40.6 Å². The number of hydrogen-bond donors (Lipinski definition) is 1. The van der Waals surface area contributed by atoms with E-state index in [9.17, 15) is 33.6 Å². The van der Waals surface area contributed by atoms with Crippen molar-refractivity contribution in [2.45, 2.75) is 92.0 Å². The van der Waals surface area contributed by atoms with Crippen molar-refractivity contribution in [1.29, 1.82) is 0 Å². The molecule has 17 heteroatoms. The molecule has 0 saturated heterocycles. The third-order valence-corrected chi connectivity index (χ3v) is 11.6. The van der Waals surface area contributed by atoms with Crippen molar-refractivity contribution in [1.82, 2.24) is 15.1 Å². The van der Waals surface area contributed by atoms with Crippen molar-refractivity contribution in [3.63, 3.8) is 0 Å². The van der Waals surface area contributed by atoms with Crippen LogP contribution in [0.3, 0.4) is 0 Å². The molecule has 1 aliphatic rings. The third-order valence-electron chi connectivity index (χ3n) is 11.6. The summed E-state index contributed by atoms with van der Waals surface area (Å²) in [6.45, 7) is 11.0. The number of benzene rings is 4. The maximum Gasteiger partial charge on any atom is 0.411 e. The summed E-state index contributed by atoms with van der Waals surface area (Å²) in [6.07, 6.45) is -0.756. The number of hydrogen-bond acceptors (Lipinski definition) is 12. The van der Waals surface area contributed by atoms with Gasteiger partial charge < -0.3 is 29.2 Å². The number of carbonyl (C=O) groups is 7. The first kappa shape index (κ1) is 55.2. The zero-order valence-electron chi connectivity index (χ0n) is 41.2. The molecular weight excluding hydrogens is 897 g/mol. The molecule has 4 aromatic rings. The van der Waals surface area contributed by atoms with Gasteiger partial charge in [-0.05, 0) is 83.7 Å². The number of azide groups is 1. The van der Waals surface area contributed by atoms with Crippen molar-refractivity contribution >= 4 is 41.4 Å². The molecule has 0 fully saturated rings. The molecule has 372 valence electrons. The Bertz CT molecular complexity index is 2440. The van der Waals surface area contributed by atoms with Crippen LogP contribution in [0, 0.1) is 11.8 Å². The lowest BCUT2D eigenvalue weighted by molar-refractivity contribution is -0.148. The molecule has 3 atom stereocenters. The Labute approximate surface area is 409 Å². The molecular formula is C53H64N6O11. The van der Waals surface area contributed by atoms with E-state index in [0.29, 0.717) is 6.54 Å². The number of carbonyl (C=O) groups excluding carboxylic acids is 7. The van der Waals surface area contributed by atoms with E-state index >= 15 is 0 Å². The van der Waals surface area contributed by atoms with Crippen LogP contribution in [0.1, 0.15) is 87.3 Å². The maximum absolute atomic E-state index is 13.2. The number of amides is 3. The highest BCUT2D eigenvalue weighted by molar-refractivity contribution is 5.92. The summed E-state index contributed by atoms with van der Waals surface area (Å²) < 4.78 is 21.3.